The Morgan fingerprint density at radius 3 is 2.58 bits per heavy atom. The first-order valence-corrected chi connectivity index (χ1v) is 9.11. The highest BCUT2D eigenvalue weighted by Crippen LogP contribution is 2.32. The van der Waals surface area contributed by atoms with Gasteiger partial charge in [0.25, 0.3) is 0 Å². The highest BCUT2D eigenvalue weighted by Gasteiger charge is 2.22. The van der Waals surface area contributed by atoms with Crippen LogP contribution in [0, 0.1) is 5.92 Å². The Morgan fingerprint density at radius 1 is 1.15 bits per heavy atom. The predicted molar refractivity (Wildman–Crippen MR) is 106 cm³/mol. The molecule has 5 heteroatoms. The molecule has 0 aliphatic heterocycles. The zero-order valence-corrected chi connectivity index (χ0v) is 15.6. The van der Waals surface area contributed by atoms with E-state index >= 15 is 0 Å². The number of ketones is 1. The van der Waals surface area contributed by atoms with Crippen LogP contribution in [0.25, 0.3) is 10.9 Å². The average molecular weight is 369 g/mol. The summed E-state index contributed by atoms with van der Waals surface area (Å²) in [6, 6.07) is 14.3. The summed E-state index contributed by atoms with van der Waals surface area (Å²) in [5.41, 5.74) is 2.15. The first kappa shape index (κ1) is 18.2. The maximum Gasteiger partial charge on any atom is 0.227 e. The molecule has 3 aromatic rings. The van der Waals surface area contributed by atoms with E-state index in [9.17, 15) is 9.59 Å². The van der Waals surface area contributed by atoms with Gasteiger partial charge in [0.2, 0.25) is 11.7 Å². The highest BCUT2D eigenvalue weighted by molar-refractivity contribution is 6.31. The van der Waals surface area contributed by atoms with Crippen LogP contribution in [0.1, 0.15) is 42.7 Å². The fourth-order valence-electron chi connectivity index (χ4n) is 3.01. The fraction of sp³-hybridized carbons (Fsp3) is 0.238. The number of carbonyl (C=O) groups excluding carboxylic acids is 2. The van der Waals surface area contributed by atoms with Crippen LogP contribution in [0.5, 0.6) is 0 Å². The predicted octanol–water partition coefficient (Wildman–Crippen LogP) is 5.43. The van der Waals surface area contributed by atoms with Crippen molar-refractivity contribution in [3.63, 3.8) is 0 Å². The molecule has 1 aromatic heterocycles. The molecular formula is C21H21ClN2O2. The molecule has 4 nitrogen and oxygen atoms in total. The van der Waals surface area contributed by atoms with Gasteiger partial charge in [0.1, 0.15) is 5.69 Å². The number of benzene rings is 2. The lowest BCUT2D eigenvalue weighted by atomic mass is 10.0. The maximum absolute atomic E-state index is 13.0. The van der Waals surface area contributed by atoms with Gasteiger partial charge in [-0.1, -0.05) is 62.2 Å². The zero-order chi connectivity index (χ0) is 18.7. The van der Waals surface area contributed by atoms with E-state index in [1.807, 2.05) is 38.1 Å². The number of hydrogen-bond acceptors (Lipinski definition) is 2. The van der Waals surface area contributed by atoms with E-state index in [0.29, 0.717) is 22.0 Å². The summed E-state index contributed by atoms with van der Waals surface area (Å²) in [5, 5.41) is 4.29. The number of amides is 1. The van der Waals surface area contributed by atoms with Crippen LogP contribution >= 0.6 is 11.6 Å². The molecule has 3 rings (SSSR count). The minimum absolute atomic E-state index is 0.0928. The van der Waals surface area contributed by atoms with Crippen molar-refractivity contribution < 1.29 is 9.59 Å². The van der Waals surface area contributed by atoms with E-state index in [0.717, 1.165) is 23.7 Å². The van der Waals surface area contributed by atoms with Crippen LogP contribution in [-0.2, 0) is 4.79 Å². The van der Waals surface area contributed by atoms with Gasteiger partial charge in [-0.3, -0.25) is 9.59 Å². The molecule has 0 saturated heterocycles. The van der Waals surface area contributed by atoms with Gasteiger partial charge in [-0.25, -0.2) is 0 Å². The van der Waals surface area contributed by atoms with Crippen LogP contribution in [0.3, 0.4) is 0 Å². The largest absolute Gasteiger partial charge is 0.350 e. The minimum atomic E-state index is -0.170. The lowest BCUT2D eigenvalue weighted by Crippen LogP contribution is -2.21. The smallest absolute Gasteiger partial charge is 0.227 e. The Morgan fingerprint density at radius 2 is 1.88 bits per heavy atom. The minimum Gasteiger partial charge on any atom is -0.350 e. The van der Waals surface area contributed by atoms with Crippen molar-refractivity contribution in [3.05, 3.63) is 64.8 Å². The molecule has 0 bridgehead atoms. The Labute approximate surface area is 157 Å². The number of anilines is 1. The molecule has 1 atom stereocenters. The van der Waals surface area contributed by atoms with E-state index < -0.39 is 0 Å². The summed E-state index contributed by atoms with van der Waals surface area (Å²) >= 11 is 6.08. The normalized spacial score (nSPS) is 12.1. The third kappa shape index (κ3) is 3.65. The first-order valence-electron chi connectivity index (χ1n) is 8.73. The highest BCUT2D eigenvalue weighted by atomic mass is 35.5. The van der Waals surface area contributed by atoms with Gasteiger partial charge in [-0.2, -0.15) is 0 Å². The van der Waals surface area contributed by atoms with Gasteiger partial charge in [0.05, 0.1) is 5.69 Å². The number of aromatic nitrogens is 1. The quantitative estimate of drug-likeness (QED) is 0.570. The zero-order valence-electron chi connectivity index (χ0n) is 14.8. The Bertz CT molecular complexity index is 947. The topological polar surface area (TPSA) is 62.0 Å². The van der Waals surface area contributed by atoms with Gasteiger partial charge in [-0.15, -0.1) is 0 Å². The molecule has 2 N–H and O–H groups in total. The summed E-state index contributed by atoms with van der Waals surface area (Å²) in [6.45, 7) is 3.94. The van der Waals surface area contributed by atoms with Crippen LogP contribution in [0.4, 0.5) is 5.69 Å². The van der Waals surface area contributed by atoms with Crippen molar-refractivity contribution in [1.29, 1.82) is 0 Å². The van der Waals surface area contributed by atoms with Crippen molar-refractivity contribution in [3.8, 4) is 0 Å². The molecular weight excluding hydrogens is 348 g/mol. The Hall–Kier alpha value is -2.59. The number of nitrogens with one attached hydrogen (secondary N) is 2. The molecule has 1 heterocycles. The lowest BCUT2D eigenvalue weighted by molar-refractivity contribution is -0.119. The second kappa shape index (κ2) is 7.75. The monoisotopic (exact) mass is 368 g/mol. The Kier molecular flexibility index (Phi) is 5.43. The summed E-state index contributed by atoms with van der Waals surface area (Å²) < 4.78 is 0. The van der Waals surface area contributed by atoms with Crippen molar-refractivity contribution in [2.75, 3.05) is 5.32 Å². The maximum atomic E-state index is 13.0. The van der Waals surface area contributed by atoms with Gasteiger partial charge in [0, 0.05) is 27.4 Å². The van der Waals surface area contributed by atoms with E-state index in [1.54, 1.807) is 24.3 Å². The SMILES string of the molecule is CCCC(C)C(=O)Nc1c(C(=O)c2ccccc2)[nH]c2cc(Cl)ccc12. The lowest BCUT2D eigenvalue weighted by Gasteiger charge is -2.12. The van der Waals surface area contributed by atoms with Crippen molar-refractivity contribution >= 4 is 39.9 Å². The molecule has 26 heavy (non-hydrogen) atoms. The number of hydrogen-bond donors (Lipinski definition) is 2. The molecule has 134 valence electrons. The molecule has 0 spiro atoms. The number of fused-ring (bicyclic) bond motifs is 1. The molecule has 0 radical (unpaired) electrons. The van der Waals surface area contributed by atoms with Crippen LogP contribution < -0.4 is 5.32 Å². The molecule has 0 fully saturated rings. The number of aromatic amines is 1. The summed E-state index contributed by atoms with van der Waals surface area (Å²) in [4.78, 5) is 28.7. The van der Waals surface area contributed by atoms with E-state index in [1.165, 1.54) is 0 Å². The molecule has 1 unspecified atom stereocenters. The number of rotatable bonds is 6. The second-order valence-corrected chi connectivity index (χ2v) is 6.88. The van der Waals surface area contributed by atoms with E-state index in [-0.39, 0.29) is 17.6 Å². The van der Waals surface area contributed by atoms with Gasteiger partial charge in [-0.05, 0) is 24.6 Å². The first-order chi connectivity index (χ1) is 12.5. The number of halogens is 1. The molecule has 0 aliphatic rings. The summed E-state index contributed by atoms with van der Waals surface area (Å²) in [7, 11) is 0. The summed E-state index contributed by atoms with van der Waals surface area (Å²) in [5.74, 6) is -0.391. The van der Waals surface area contributed by atoms with Gasteiger partial charge < -0.3 is 10.3 Å². The number of H-pyrrole nitrogens is 1. The molecule has 1 amide bonds. The molecule has 0 saturated carbocycles. The van der Waals surface area contributed by atoms with Crippen molar-refractivity contribution in [1.82, 2.24) is 4.98 Å². The van der Waals surface area contributed by atoms with Gasteiger partial charge in [0.15, 0.2) is 0 Å². The van der Waals surface area contributed by atoms with E-state index in [4.69, 9.17) is 11.6 Å². The van der Waals surface area contributed by atoms with Crippen molar-refractivity contribution in [2.45, 2.75) is 26.7 Å². The van der Waals surface area contributed by atoms with Crippen LogP contribution in [0.2, 0.25) is 5.02 Å². The van der Waals surface area contributed by atoms with E-state index in [2.05, 4.69) is 10.3 Å². The standard InChI is InChI=1S/C21H21ClN2O2/c1-3-7-13(2)21(26)24-18-16-11-10-15(22)12-17(16)23-19(18)20(25)14-8-5-4-6-9-14/h4-6,8-13,23H,3,7H2,1-2H3,(H,24,26). The Balaban J connectivity index is 2.07. The summed E-state index contributed by atoms with van der Waals surface area (Å²) in [6.07, 6.45) is 1.72. The van der Waals surface area contributed by atoms with Crippen LogP contribution in [0.15, 0.2) is 48.5 Å². The average Bonchev–Trinajstić information content (AvgIpc) is 2.99. The van der Waals surface area contributed by atoms with Crippen LogP contribution in [-0.4, -0.2) is 16.7 Å². The molecule has 0 aliphatic carbocycles. The van der Waals surface area contributed by atoms with Gasteiger partial charge >= 0.3 is 0 Å². The fourth-order valence-corrected chi connectivity index (χ4v) is 3.19. The third-order valence-electron chi connectivity index (χ3n) is 4.44. The number of carbonyl (C=O) groups is 2. The van der Waals surface area contributed by atoms with Crippen molar-refractivity contribution in [2.24, 2.45) is 5.92 Å². The molecule has 2 aromatic carbocycles. The third-order valence-corrected chi connectivity index (χ3v) is 4.68. The second-order valence-electron chi connectivity index (χ2n) is 6.44.